The van der Waals surface area contributed by atoms with E-state index in [4.69, 9.17) is 0 Å². The van der Waals surface area contributed by atoms with E-state index >= 15 is 0 Å². The van der Waals surface area contributed by atoms with Gasteiger partial charge >= 0.3 is 0 Å². The number of carbonyl (C=O) groups excluding carboxylic acids is 1. The lowest BCUT2D eigenvalue weighted by molar-refractivity contribution is -0.117. The number of nitrogens with one attached hydrogen (secondary N) is 1. The Kier molecular flexibility index (Phi) is 7.36. The average molecular weight is 179 g/mol. The summed E-state index contributed by atoms with van der Waals surface area (Å²) in [5.41, 5.74) is 0.543. The van der Waals surface area contributed by atoms with Crippen LogP contribution in [0.3, 0.4) is 0 Å². The Morgan fingerprint density at radius 3 is 2.27 bits per heavy atom. The Bertz CT molecular complexity index is 145. The molecule has 4 heteroatoms. The number of amides is 1. The van der Waals surface area contributed by atoms with Crippen molar-refractivity contribution in [3.63, 3.8) is 0 Å². The third-order valence-electron chi connectivity index (χ3n) is 0.943. The number of halogens is 1. The molecular weight excluding hydrogens is 164 g/mol. The van der Waals surface area contributed by atoms with Gasteiger partial charge in [0.1, 0.15) is 0 Å². The normalized spacial score (nSPS) is 8.73. The molecule has 0 saturated heterocycles. The van der Waals surface area contributed by atoms with Crippen LogP contribution in [0.4, 0.5) is 0 Å². The predicted octanol–water partition coefficient (Wildman–Crippen LogP) is 0.620. The number of rotatable bonds is 3. The maximum Gasteiger partial charge on any atom is 0.247 e. The maximum atomic E-state index is 10.8. The highest BCUT2D eigenvalue weighted by atomic mass is 35.5. The Balaban J connectivity index is 0. The molecule has 0 aromatic carbocycles. The summed E-state index contributed by atoms with van der Waals surface area (Å²) >= 11 is 0. The standard InChI is InChI=1S/C7H14N2O.ClH/c1-6(2)7(10)8-5-9(3)4;/h1,5H2,2-4H3,(H,8,10);1H. The highest BCUT2D eigenvalue weighted by molar-refractivity contribution is 5.91. The van der Waals surface area contributed by atoms with Gasteiger partial charge in [-0.1, -0.05) is 6.58 Å². The molecule has 0 aliphatic rings. The van der Waals surface area contributed by atoms with E-state index < -0.39 is 0 Å². The van der Waals surface area contributed by atoms with Crippen LogP contribution in [0.25, 0.3) is 0 Å². The van der Waals surface area contributed by atoms with Crippen LogP contribution in [0.1, 0.15) is 6.92 Å². The summed E-state index contributed by atoms with van der Waals surface area (Å²) in [6.45, 7) is 5.75. The zero-order valence-corrected chi connectivity index (χ0v) is 7.99. The Hall–Kier alpha value is -0.540. The molecule has 0 atom stereocenters. The number of nitrogens with zero attached hydrogens (tertiary/aromatic N) is 1. The molecule has 0 saturated carbocycles. The van der Waals surface area contributed by atoms with Crippen LogP contribution in [0.2, 0.25) is 0 Å². The molecule has 0 radical (unpaired) electrons. The van der Waals surface area contributed by atoms with E-state index in [1.165, 1.54) is 0 Å². The zero-order valence-electron chi connectivity index (χ0n) is 7.18. The molecule has 0 spiro atoms. The summed E-state index contributed by atoms with van der Waals surface area (Å²) in [6, 6.07) is 0. The van der Waals surface area contributed by atoms with Crippen LogP contribution in [-0.4, -0.2) is 31.6 Å². The summed E-state index contributed by atoms with van der Waals surface area (Å²) < 4.78 is 0. The molecular formula is C7H15ClN2O. The zero-order chi connectivity index (χ0) is 8.15. The van der Waals surface area contributed by atoms with Crippen LogP contribution < -0.4 is 5.32 Å². The summed E-state index contributed by atoms with van der Waals surface area (Å²) in [4.78, 5) is 12.7. The van der Waals surface area contributed by atoms with E-state index in [1.54, 1.807) is 6.92 Å². The Morgan fingerprint density at radius 2 is 2.00 bits per heavy atom. The first-order valence-electron chi connectivity index (χ1n) is 3.12. The highest BCUT2D eigenvalue weighted by Gasteiger charge is 1.98. The van der Waals surface area contributed by atoms with Gasteiger partial charge in [0.2, 0.25) is 5.91 Å². The fraction of sp³-hybridized carbons (Fsp3) is 0.571. The van der Waals surface area contributed by atoms with Crippen molar-refractivity contribution < 1.29 is 4.79 Å². The highest BCUT2D eigenvalue weighted by Crippen LogP contribution is 1.84. The van der Waals surface area contributed by atoms with Crippen LogP contribution in [0.5, 0.6) is 0 Å². The van der Waals surface area contributed by atoms with Crippen molar-refractivity contribution in [3.8, 4) is 0 Å². The predicted molar refractivity (Wildman–Crippen MR) is 48.8 cm³/mol. The second kappa shape index (κ2) is 6.19. The van der Waals surface area contributed by atoms with Gasteiger partial charge in [-0.15, -0.1) is 12.4 Å². The average Bonchev–Trinajstić information content (AvgIpc) is 1.82. The van der Waals surface area contributed by atoms with E-state index in [0.29, 0.717) is 12.2 Å². The van der Waals surface area contributed by atoms with Crippen molar-refractivity contribution >= 4 is 18.3 Å². The molecule has 0 aliphatic heterocycles. The minimum atomic E-state index is -0.0892. The minimum Gasteiger partial charge on any atom is -0.340 e. The van der Waals surface area contributed by atoms with E-state index in [2.05, 4.69) is 11.9 Å². The van der Waals surface area contributed by atoms with Crippen molar-refractivity contribution in [2.45, 2.75) is 6.92 Å². The fourth-order valence-corrected chi connectivity index (χ4v) is 0.381. The van der Waals surface area contributed by atoms with Gasteiger partial charge in [0.25, 0.3) is 0 Å². The number of carbonyl (C=O) groups is 1. The number of hydrogen-bond acceptors (Lipinski definition) is 2. The third kappa shape index (κ3) is 7.36. The van der Waals surface area contributed by atoms with Gasteiger partial charge in [-0.05, 0) is 21.0 Å². The summed E-state index contributed by atoms with van der Waals surface area (Å²) in [5, 5.41) is 2.67. The summed E-state index contributed by atoms with van der Waals surface area (Å²) in [7, 11) is 3.78. The first-order valence-corrected chi connectivity index (χ1v) is 3.12. The van der Waals surface area contributed by atoms with Gasteiger partial charge in [0.05, 0.1) is 6.67 Å². The van der Waals surface area contributed by atoms with Crippen molar-refractivity contribution in [2.24, 2.45) is 0 Å². The van der Waals surface area contributed by atoms with Crippen LogP contribution in [-0.2, 0) is 4.79 Å². The van der Waals surface area contributed by atoms with E-state index in [9.17, 15) is 4.79 Å². The molecule has 1 amide bonds. The van der Waals surface area contributed by atoms with E-state index in [-0.39, 0.29) is 18.3 Å². The fourth-order valence-electron chi connectivity index (χ4n) is 0.381. The van der Waals surface area contributed by atoms with Crippen molar-refractivity contribution in [3.05, 3.63) is 12.2 Å². The van der Waals surface area contributed by atoms with Crippen LogP contribution >= 0.6 is 12.4 Å². The first-order chi connectivity index (χ1) is 4.54. The lowest BCUT2D eigenvalue weighted by atomic mass is 10.3. The van der Waals surface area contributed by atoms with Crippen LogP contribution in [0.15, 0.2) is 12.2 Å². The van der Waals surface area contributed by atoms with Gasteiger partial charge in [-0.2, -0.15) is 0 Å². The summed E-state index contributed by atoms with van der Waals surface area (Å²) in [5.74, 6) is -0.0892. The minimum absolute atomic E-state index is 0. The molecule has 66 valence electrons. The van der Waals surface area contributed by atoms with Crippen molar-refractivity contribution in [1.29, 1.82) is 0 Å². The molecule has 0 rings (SSSR count). The molecule has 0 heterocycles. The second-order valence-electron chi connectivity index (χ2n) is 2.52. The monoisotopic (exact) mass is 178 g/mol. The molecule has 1 N–H and O–H groups in total. The molecule has 11 heavy (non-hydrogen) atoms. The van der Waals surface area contributed by atoms with Gasteiger partial charge in [0, 0.05) is 5.57 Å². The van der Waals surface area contributed by atoms with Gasteiger partial charge < -0.3 is 5.32 Å². The topological polar surface area (TPSA) is 32.3 Å². The Labute approximate surface area is 73.9 Å². The molecule has 0 aliphatic carbocycles. The SMILES string of the molecule is C=C(C)C(=O)NCN(C)C.Cl. The van der Waals surface area contributed by atoms with Crippen LogP contribution in [0, 0.1) is 0 Å². The number of hydrogen-bond donors (Lipinski definition) is 1. The first kappa shape index (κ1) is 13.1. The smallest absolute Gasteiger partial charge is 0.247 e. The third-order valence-corrected chi connectivity index (χ3v) is 0.943. The lowest BCUT2D eigenvalue weighted by Crippen LogP contribution is -2.33. The molecule has 0 unspecified atom stereocenters. The molecule has 0 bridgehead atoms. The van der Waals surface area contributed by atoms with Gasteiger partial charge in [-0.25, -0.2) is 0 Å². The van der Waals surface area contributed by atoms with Gasteiger partial charge in [-0.3, -0.25) is 9.69 Å². The second-order valence-corrected chi connectivity index (χ2v) is 2.52. The van der Waals surface area contributed by atoms with E-state index in [1.807, 2.05) is 19.0 Å². The van der Waals surface area contributed by atoms with Crippen molar-refractivity contribution in [1.82, 2.24) is 10.2 Å². The molecule has 0 fully saturated rings. The molecule has 0 aromatic heterocycles. The maximum absolute atomic E-state index is 10.8. The largest absolute Gasteiger partial charge is 0.340 e. The lowest BCUT2D eigenvalue weighted by Gasteiger charge is -2.10. The molecule has 3 nitrogen and oxygen atoms in total. The van der Waals surface area contributed by atoms with Crippen molar-refractivity contribution in [2.75, 3.05) is 20.8 Å². The van der Waals surface area contributed by atoms with E-state index in [0.717, 1.165) is 0 Å². The Morgan fingerprint density at radius 1 is 1.55 bits per heavy atom. The summed E-state index contributed by atoms with van der Waals surface area (Å²) in [6.07, 6.45) is 0. The molecule has 0 aromatic rings. The quantitative estimate of drug-likeness (QED) is 0.508. The van der Waals surface area contributed by atoms with Gasteiger partial charge in [0.15, 0.2) is 0 Å².